The van der Waals surface area contributed by atoms with Crippen molar-refractivity contribution in [2.75, 3.05) is 0 Å². The summed E-state index contributed by atoms with van der Waals surface area (Å²) in [4.78, 5) is 4.30. The van der Waals surface area contributed by atoms with Crippen LogP contribution in [0.2, 0.25) is 5.02 Å². The molecule has 0 unspecified atom stereocenters. The quantitative estimate of drug-likeness (QED) is 0.376. The molecule has 0 atom stereocenters. The number of aromatic hydroxyl groups is 1. The van der Waals surface area contributed by atoms with E-state index in [1.807, 2.05) is 0 Å². The number of fused-ring (bicyclic) bond motifs is 2. The molecule has 4 nitrogen and oxygen atoms in total. The lowest BCUT2D eigenvalue weighted by atomic mass is 10.2. The van der Waals surface area contributed by atoms with Crippen LogP contribution in [-0.4, -0.2) is 10.1 Å². The molecule has 0 amide bonds. The highest BCUT2D eigenvalue weighted by atomic mass is 35.5. The van der Waals surface area contributed by atoms with Crippen molar-refractivity contribution < 1.29 is 9.84 Å². The van der Waals surface area contributed by atoms with Gasteiger partial charge < -0.3 is 10.3 Å². The van der Waals surface area contributed by atoms with Gasteiger partial charge in [-0.3, -0.25) is 0 Å². The molecule has 0 bridgehead atoms. The summed E-state index contributed by atoms with van der Waals surface area (Å²) in [6, 6.07) is 9.36. The van der Waals surface area contributed by atoms with E-state index >= 15 is 0 Å². The van der Waals surface area contributed by atoms with Crippen LogP contribution in [0.4, 0.5) is 0 Å². The van der Waals surface area contributed by atoms with Gasteiger partial charge in [-0.25, -0.2) is 4.98 Å². The second-order valence-electron chi connectivity index (χ2n) is 3.71. The van der Waals surface area contributed by atoms with E-state index in [9.17, 15) is 10.3 Å². The molecule has 1 heterocycles. The van der Waals surface area contributed by atoms with Gasteiger partial charge in [-0.15, -0.1) is 0 Å². The van der Waals surface area contributed by atoms with Crippen LogP contribution in [0.1, 0.15) is 0 Å². The molecule has 5 heteroatoms. The summed E-state index contributed by atoms with van der Waals surface area (Å²) in [6.45, 7) is 0. The Kier molecular flexibility index (Phi) is 2.06. The second kappa shape index (κ2) is 3.46. The standard InChI is InChI=1S/C12H7ClN2O2/c13-7-1-3-9-12(5-7)15(17)11-4-2-8(16)6-10(11)14-9/h1-6,16H. The maximum Gasteiger partial charge on any atom is 0.244 e. The molecule has 0 saturated heterocycles. The summed E-state index contributed by atoms with van der Waals surface area (Å²) in [6.07, 6.45) is 0. The van der Waals surface area contributed by atoms with Crippen molar-refractivity contribution >= 4 is 33.7 Å². The molecule has 0 aliphatic heterocycles. The average Bonchev–Trinajstić information content (AvgIpc) is 2.30. The Hall–Kier alpha value is -2.07. The maximum atomic E-state index is 12.1. The van der Waals surface area contributed by atoms with Gasteiger partial charge in [0.05, 0.1) is 0 Å². The van der Waals surface area contributed by atoms with Gasteiger partial charge in [0, 0.05) is 23.2 Å². The van der Waals surface area contributed by atoms with E-state index in [4.69, 9.17) is 11.6 Å². The number of aromatic nitrogens is 2. The predicted molar refractivity (Wildman–Crippen MR) is 64.9 cm³/mol. The highest BCUT2D eigenvalue weighted by Gasteiger charge is 2.12. The Morgan fingerprint density at radius 2 is 1.88 bits per heavy atom. The summed E-state index contributed by atoms with van der Waals surface area (Å²) >= 11 is 5.85. The molecule has 1 aromatic heterocycles. The fraction of sp³-hybridized carbons (Fsp3) is 0. The van der Waals surface area contributed by atoms with Gasteiger partial charge in [0.1, 0.15) is 16.8 Å². The van der Waals surface area contributed by atoms with Crippen LogP contribution in [0.15, 0.2) is 36.4 Å². The molecule has 17 heavy (non-hydrogen) atoms. The fourth-order valence-corrected chi connectivity index (χ4v) is 1.95. The highest BCUT2D eigenvalue weighted by molar-refractivity contribution is 6.31. The van der Waals surface area contributed by atoms with Crippen LogP contribution in [-0.2, 0) is 0 Å². The molecule has 2 aromatic carbocycles. The lowest BCUT2D eigenvalue weighted by molar-refractivity contribution is -0.548. The van der Waals surface area contributed by atoms with Gasteiger partial charge in [0.25, 0.3) is 0 Å². The Morgan fingerprint density at radius 3 is 2.71 bits per heavy atom. The smallest absolute Gasteiger partial charge is 0.244 e. The number of phenolic OH excluding ortho intramolecular Hbond substituents is 1. The Balaban J connectivity index is 2.52. The average molecular weight is 247 g/mol. The summed E-state index contributed by atoms with van der Waals surface area (Å²) in [7, 11) is 0. The van der Waals surface area contributed by atoms with Crippen molar-refractivity contribution in [3.05, 3.63) is 46.6 Å². The summed E-state index contributed by atoms with van der Waals surface area (Å²) in [5.74, 6) is 0.0818. The number of phenols is 1. The lowest BCUT2D eigenvalue weighted by Crippen LogP contribution is -2.28. The fourth-order valence-electron chi connectivity index (χ4n) is 1.79. The van der Waals surface area contributed by atoms with Crippen LogP contribution in [0.3, 0.4) is 0 Å². The maximum absolute atomic E-state index is 12.1. The first kappa shape index (κ1) is 10.1. The van der Waals surface area contributed by atoms with Gasteiger partial charge in [-0.05, 0) is 18.2 Å². The molecule has 3 aromatic rings. The monoisotopic (exact) mass is 246 g/mol. The van der Waals surface area contributed by atoms with Crippen molar-refractivity contribution in [1.29, 1.82) is 0 Å². The summed E-state index contributed by atoms with van der Waals surface area (Å²) < 4.78 is 0.767. The second-order valence-corrected chi connectivity index (χ2v) is 4.15. The number of hydrogen-bond acceptors (Lipinski definition) is 3. The topological polar surface area (TPSA) is 60.1 Å². The largest absolute Gasteiger partial charge is 0.618 e. The van der Waals surface area contributed by atoms with Crippen LogP contribution < -0.4 is 4.73 Å². The summed E-state index contributed by atoms with van der Waals surface area (Å²) in [5, 5.41) is 21.9. The van der Waals surface area contributed by atoms with E-state index in [1.165, 1.54) is 18.2 Å². The van der Waals surface area contributed by atoms with Crippen molar-refractivity contribution in [3.8, 4) is 5.75 Å². The third kappa shape index (κ3) is 1.54. The predicted octanol–water partition coefficient (Wildman–Crippen LogP) is 2.38. The minimum Gasteiger partial charge on any atom is -0.618 e. The molecular weight excluding hydrogens is 240 g/mol. The SMILES string of the molecule is [O-][n+]1c2ccc(O)cc2nc2ccc(Cl)cc21. The molecule has 0 saturated carbocycles. The molecule has 0 radical (unpaired) electrons. The van der Waals surface area contributed by atoms with E-state index in [0.717, 1.165) is 4.73 Å². The minimum atomic E-state index is 0.0818. The molecular formula is C12H7ClN2O2. The van der Waals surface area contributed by atoms with Gasteiger partial charge in [0.15, 0.2) is 0 Å². The van der Waals surface area contributed by atoms with Crippen molar-refractivity contribution in [2.24, 2.45) is 0 Å². The lowest BCUT2D eigenvalue weighted by Gasteiger charge is -2.05. The number of benzene rings is 2. The van der Waals surface area contributed by atoms with Crippen molar-refractivity contribution in [2.45, 2.75) is 0 Å². The van der Waals surface area contributed by atoms with Crippen LogP contribution in [0.5, 0.6) is 5.75 Å². The molecule has 0 aliphatic carbocycles. The van der Waals surface area contributed by atoms with Gasteiger partial charge in [-0.2, -0.15) is 4.73 Å². The first-order valence-electron chi connectivity index (χ1n) is 4.97. The first-order valence-corrected chi connectivity index (χ1v) is 5.34. The van der Waals surface area contributed by atoms with E-state index in [0.29, 0.717) is 27.1 Å². The summed E-state index contributed by atoms with van der Waals surface area (Å²) in [5.41, 5.74) is 1.81. The Labute approximate surface area is 101 Å². The zero-order valence-electron chi connectivity index (χ0n) is 8.59. The van der Waals surface area contributed by atoms with Gasteiger partial charge >= 0.3 is 0 Å². The van der Waals surface area contributed by atoms with Crippen LogP contribution in [0.25, 0.3) is 22.1 Å². The molecule has 1 N–H and O–H groups in total. The van der Waals surface area contributed by atoms with E-state index < -0.39 is 0 Å². The van der Waals surface area contributed by atoms with Gasteiger partial charge in [-0.1, -0.05) is 11.6 Å². The molecule has 0 spiro atoms. The van der Waals surface area contributed by atoms with E-state index in [1.54, 1.807) is 18.2 Å². The van der Waals surface area contributed by atoms with Crippen molar-refractivity contribution in [1.82, 2.24) is 4.98 Å². The highest BCUT2D eigenvalue weighted by Crippen LogP contribution is 2.20. The van der Waals surface area contributed by atoms with Crippen LogP contribution >= 0.6 is 11.6 Å². The Bertz CT molecular complexity index is 743. The van der Waals surface area contributed by atoms with Gasteiger partial charge in [0.2, 0.25) is 11.0 Å². The third-order valence-electron chi connectivity index (χ3n) is 2.57. The van der Waals surface area contributed by atoms with E-state index in [-0.39, 0.29) is 5.75 Å². The van der Waals surface area contributed by atoms with E-state index in [2.05, 4.69) is 4.98 Å². The molecule has 3 rings (SSSR count). The zero-order valence-corrected chi connectivity index (χ0v) is 9.35. The zero-order chi connectivity index (χ0) is 12.0. The normalized spacial score (nSPS) is 11.1. The molecule has 0 fully saturated rings. The molecule has 84 valence electrons. The van der Waals surface area contributed by atoms with Crippen LogP contribution in [0, 0.1) is 5.21 Å². The number of hydrogen-bond donors (Lipinski definition) is 1. The number of nitrogens with zero attached hydrogens (tertiary/aromatic N) is 2. The van der Waals surface area contributed by atoms with Crippen molar-refractivity contribution in [3.63, 3.8) is 0 Å². The Morgan fingerprint density at radius 1 is 1.06 bits per heavy atom. The number of halogens is 1. The minimum absolute atomic E-state index is 0.0818. The third-order valence-corrected chi connectivity index (χ3v) is 2.81. The molecule has 0 aliphatic rings. The number of rotatable bonds is 0. The first-order chi connectivity index (χ1) is 8.15.